The first kappa shape index (κ1) is 13.0. The van der Waals surface area contributed by atoms with Gasteiger partial charge in [0, 0.05) is 18.2 Å². The molecule has 16 heavy (non-hydrogen) atoms. The van der Waals surface area contributed by atoms with E-state index in [4.69, 9.17) is 15.2 Å². The standard InChI is InChI=1S/C13H21NO2/c1-4-15-7-8-16-13-9-10(2)5-6-12(13)11(3)14/h5-6,9,11H,4,7-8,14H2,1-3H3/t11-/m1/s1. The third-order valence-corrected chi connectivity index (χ3v) is 2.35. The van der Waals surface area contributed by atoms with Gasteiger partial charge in [-0.25, -0.2) is 0 Å². The monoisotopic (exact) mass is 223 g/mol. The molecular formula is C13H21NO2. The minimum absolute atomic E-state index is 0.0114. The van der Waals surface area contributed by atoms with Crippen molar-refractivity contribution in [3.8, 4) is 5.75 Å². The van der Waals surface area contributed by atoms with Gasteiger partial charge in [-0.3, -0.25) is 0 Å². The Bertz CT molecular complexity index is 324. The lowest BCUT2D eigenvalue weighted by Gasteiger charge is -2.14. The zero-order valence-corrected chi connectivity index (χ0v) is 10.3. The molecule has 0 aliphatic rings. The highest BCUT2D eigenvalue weighted by Crippen LogP contribution is 2.24. The van der Waals surface area contributed by atoms with Gasteiger partial charge in [-0.2, -0.15) is 0 Å². The predicted molar refractivity (Wildman–Crippen MR) is 65.8 cm³/mol. The second-order valence-corrected chi connectivity index (χ2v) is 3.88. The van der Waals surface area contributed by atoms with E-state index in [0.29, 0.717) is 13.2 Å². The third kappa shape index (κ3) is 3.83. The molecule has 0 aliphatic carbocycles. The Hall–Kier alpha value is -1.06. The lowest BCUT2D eigenvalue weighted by Crippen LogP contribution is -2.11. The molecule has 0 unspecified atom stereocenters. The summed E-state index contributed by atoms with van der Waals surface area (Å²) in [5.74, 6) is 0.870. The average Bonchev–Trinajstić information content (AvgIpc) is 2.24. The zero-order chi connectivity index (χ0) is 12.0. The van der Waals surface area contributed by atoms with E-state index >= 15 is 0 Å². The van der Waals surface area contributed by atoms with Crippen molar-refractivity contribution in [2.75, 3.05) is 19.8 Å². The van der Waals surface area contributed by atoms with Crippen LogP contribution >= 0.6 is 0 Å². The molecule has 0 bridgehead atoms. The molecule has 0 saturated carbocycles. The van der Waals surface area contributed by atoms with E-state index < -0.39 is 0 Å². The van der Waals surface area contributed by atoms with Gasteiger partial charge in [0.15, 0.2) is 0 Å². The van der Waals surface area contributed by atoms with E-state index in [1.54, 1.807) is 0 Å². The van der Waals surface area contributed by atoms with Gasteiger partial charge in [0.05, 0.1) is 6.61 Å². The largest absolute Gasteiger partial charge is 0.491 e. The molecule has 0 aliphatic heterocycles. The summed E-state index contributed by atoms with van der Waals surface area (Å²) in [5.41, 5.74) is 8.10. The van der Waals surface area contributed by atoms with Crippen LogP contribution in [-0.2, 0) is 4.74 Å². The molecule has 1 aromatic carbocycles. The van der Waals surface area contributed by atoms with Crippen LogP contribution in [0, 0.1) is 6.92 Å². The molecule has 0 saturated heterocycles. The fourth-order valence-corrected chi connectivity index (χ4v) is 1.50. The van der Waals surface area contributed by atoms with Crippen molar-refractivity contribution in [3.63, 3.8) is 0 Å². The molecule has 0 aromatic heterocycles. The summed E-state index contributed by atoms with van der Waals surface area (Å²) in [7, 11) is 0. The van der Waals surface area contributed by atoms with Crippen molar-refractivity contribution in [1.82, 2.24) is 0 Å². The topological polar surface area (TPSA) is 44.5 Å². The maximum Gasteiger partial charge on any atom is 0.124 e. The Morgan fingerprint density at radius 2 is 2.06 bits per heavy atom. The van der Waals surface area contributed by atoms with Crippen molar-refractivity contribution >= 4 is 0 Å². The number of aryl methyl sites for hydroxylation is 1. The number of benzene rings is 1. The minimum Gasteiger partial charge on any atom is -0.491 e. The molecule has 3 nitrogen and oxygen atoms in total. The maximum absolute atomic E-state index is 5.88. The van der Waals surface area contributed by atoms with Crippen molar-refractivity contribution in [2.45, 2.75) is 26.8 Å². The number of hydrogen-bond donors (Lipinski definition) is 1. The van der Waals surface area contributed by atoms with E-state index in [2.05, 4.69) is 0 Å². The average molecular weight is 223 g/mol. The van der Waals surface area contributed by atoms with Crippen LogP contribution < -0.4 is 10.5 Å². The number of rotatable bonds is 6. The third-order valence-electron chi connectivity index (χ3n) is 2.35. The van der Waals surface area contributed by atoms with Crippen LogP contribution in [0.25, 0.3) is 0 Å². The molecule has 1 rings (SSSR count). The fraction of sp³-hybridized carbons (Fsp3) is 0.538. The van der Waals surface area contributed by atoms with Gasteiger partial charge in [0.25, 0.3) is 0 Å². The molecule has 0 fully saturated rings. The summed E-state index contributed by atoms with van der Waals surface area (Å²) < 4.78 is 10.9. The molecule has 1 aromatic rings. The molecule has 3 heteroatoms. The van der Waals surface area contributed by atoms with Crippen LogP contribution in [0.15, 0.2) is 18.2 Å². The van der Waals surface area contributed by atoms with E-state index in [9.17, 15) is 0 Å². The van der Waals surface area contributed by atoms with Crippen LogP contribution in [0.3, 0.4) is 0 Å². The van der Waals surface area contributed by atoms with Gasteiger partial charge in [-0.15, -0.1) is 0 Å². The van der Waals surface area contributed by atoms with Crippen LogP contribution in [0.1, 0.15) is 31.0 Å². The van der Waals surface area contributed by atoms with Crippen LogP contribution in [0.4, 0.5) is 0 Å². The predicted octanol–water partition coefficient (Wildman–Crippen LogP) is 2.43. The molecule has 2 N–H and O–H groups in total. The second-order valence-electron chi connectivity index (χ2n) is 3.88. The molecule has 0 spiro atoms. The SMILES string of the molecule is CCOCCOc1cc(C)ccc1[C@@H](C)N. The lowest BCUT2D eigenvalue weighted by molar-refractivity contribution is 0.109. The van der Waals surface area contributed by atoms with Gasteiger partial charge in [-0.05, 0) is 32.4 Å². The first-order chi connectivity index (χ1) is 7.65. The summed E-state index contributed by atoms with van der Waals surface area (Å²) in [6.07, 6.45) is 0. The Kier molecular flexibility index (Phi) is 5.29. The van der Waals surface area contributed by atoms with E-state index in [0.717, 1.165) is 17.9 Å². The van der Waals surface area contributed by atoms with Gasteiger partial charge >= 0.3 is 0 Å². The fourth-order valence-electron chi connectivity index (χ4n) is 1.50. The van der Waals surface area contributed by atoms with Gasteiger partial charge in [0.2, 0.25) is 0 Å². The smallest absolute Gasteiger partial charge is 0.124 e. The quantitative estimate of drug-likeness (QED) is 0.753. The molecule has 1 atom stereocenters. The summed E-state index contributed by atoms with van der Waals surface area (Å²) in [5, 5.41) is 0. The van der Waals surface area contributed by atoms with E-state index in [1.165, 1.54) is 5.56 Å². The first-order valence-electron chi connectivity index (χ1n) is 5.71. The van der Waals surface area contributed by atoms with Crippen molar-refractivity contribution in [3.05, 3.63) is 29.3 Å². The summed E-state index contributed by atoms with van der Waals surface area (Å²) in [6.45, 7) is 7.87. The molecule has 0 radical (unpaired) electrons. The van der Waals surface area contributed by atoms with Gasteiger partial charge in [0.1, 0.15) is 12.4 Å². The minimum atomic E-state index is -0.0114. The van der Waals surface area contributed by atoms with Gasteiger partial charge < -0.3 is 15.2 Å². The number of nitrogens with two attached hydrogens (primary N) is 1. The Labute approximate surface area is 97.6 Å². The van der Waals surface area contributed by atoms with Crippen LogP contribution in [-0.4, -0.2) is 19.8 Å². The van der Waals surface area contributed by atoms with Crippen LogP contribution in [0.2, 0.25) is 0 Å². The Morgan fingerprint density at radius 3 is 2.69 bits per heavy atom. The zero-order valence-electron chi connectivity index (χ0n) is 10.3. The summed E-state index contributed by atoms with van der Waals surface area (Å²) >= 11 is 0. The second kappa shape index (κ2) is 6.51. The summed E-state index contributed by atoms with van der Waals surface area (Å²) in [4.78, 5) is 0. The molecule has 90 valence electrons. The number of hydrogen-bond acceptors (Lipinski definition) is 3. The van der Waals surface area contributed by atoms with Crippen LogP contribution in [0.5, 0.6) is 5.75 Å². The van der Waals surface area contributed by atoms with Crippen molar-refractivity contribution in [2.24, 2.45) is 5.73 Å². The lowest BCUT2D eigenvalue weighted by atomic mass is 10.1. The van der Waals surface area contributed by atoms with E-state index in [-0.39, 0.29) is 6.04 Å². The Balaban J connectivity index is 2.65. The van der Waals surface area contributed by atoms with Crippen molar-refractivity contribution < 1.29 is 9.47 Å². The molecular weight excluding hydrogens is 202 g/mol. The molecule has 0 heterocycles. The summed E-state index contributed by atoms with van der Waals surface area (Å²) in [6, 6.07) is 6.08. The Morgan fingerprint density at radius 1 is 1.31 bits per heavy atom. The van der Waals surface area contributed by atoms with Gasteiger partial charge in [-0.1, -0.05) is 12.1 Å². The normalized spacial score (nSPS) is 12.5. The van der Waals surface area contributed by atoms with E-state index in [1.807, 2.05) is 39.0 Å². The highest BCUT2D eigenvalue weighted by molar-refractivity contribution is 5.38. The number of ether oxygens (including phenoxy) is 2. The van der Waals surface area contributed by atoms with Crippen molar-refractivity contribution in [1.29, 1.82) is 0 Å². The highest BCUT2D eigenvalue weighted by Gasteiger charge is 2.07. The highest BCUT2D eigenvalue weighted by atomic mass is 16.5. The molecule has 0 amide bonds. The first-order valence-corrected chi connectivity index (χ1v) is 5.71. The maximum atomic E-state index is 5.88.